The van der Waals surface area contributed by atoms with Gasteiger partial charge >= 0.3 is 0 Å². The van der Waals surface area contributed by atoms with Gasteiger partial charge in [-0.2, -0.15) is 11.8 Å². The third-order valence-electron chi connectivity index (χ3n) is 2.63. The van der Waals surface area contributed by atoms with Crippen LogP contribution in [0.4, 0.5) is 5.82 Å². The van der Waals surface area contributed by atoms with Gasteiger partial charge in [0.1, 0.15) is 0 Å². The second kappa shape index (κ2) is 6.83. The number of aromatic nitrogens is 2. The van der Waals surface area contributed by atoms with E-state index in [0.29, 0.717) is 5.82 Å². The van der Waals surface area contributed by atoms with E-state index in [1.165, 1.54) is 0 Å². The number of hydrogen-bond donors (Lipinski definition) is 1. The molecule has 18 heavy (non-hydrogen) atoms. The molecule has 5 heteroatoms. The maximum absolute atomic E-state index is 12.2. The Labute approximate surface area is 113 Å². The maximum Gasteiger partial charge on any atom is 0.293 e. The molecule has 0 amide bonds. The molecule has 1 N–H and O–H groups in total. The molecule has 1 rings (SSSR count). The van der Waals surface area contributed by atoms with Gasteiger partial charge in [0.2, 0.25) is 0 Å². The SMILES string of the molecule is CSCCCCNc1nccn(C(C)(C)C)c1=O. The highest BCUT2D eigenvalue weighted by Gasteiger charge is 2.16. The minimum absolute atomic E-state index is 0.0464. The summed E-state index contributed by atoms with van der Waals surface area (Å²) in [7, 11) is 0. The molecule has 4 nitrogen and oxygen atoms in total. The van der Waals surface area contributed by atoms with E-state index < -0.39 is 0 Å². The highest BCUT2D eigenvalue weighted by Crippen LogP contribution is 2.10. The summed E-state index contributed by atoms with van der Waals surface area (Å²) in [5.74, 6) is 1.62. The molecule has 1 heterocycles. The van der Waals surface area contributed by atoms with Gasteiger partial charge in [-0.05, 0) is 45.6 Å². The molecule has 1 aromatic heterocycles. The van der Waals surface area contributed by atoms with E-state index in [-0.39, 0.29) is 11.1 Å². The molecule has 102 valence electrons. The molecule has 1 aromatic rings. The number of nitrogens with zero attached hydrogens (tertiary/aromatic N) is 2. The molecule has 0 spiro atoms. The lowest BCUT2D eigenvalue weighted by Crippen LogP contribution is -2.35. The molecule has 0 radical (unpaired) electrons. The number of unbranched alkanes of at least 4 members (excludes halogenated alkanes) is 1. The van der Waals surface area contributed by atoms with Crippen molar-refractivity contribution in [1.82, 2.24) is 9.55 Å². The first-order valence-electron chi connectivity index (χ1n) is 6.28. The average molecular weight is 269 g/mol. The number of rotatable bonds is 6. The number of hydrogen-bond acceptors (Lipinski definition) is 4. The van der Waals surface area contributed by atoms with Crippen molar-refractivity contribution < 1.29 is 0 Å². The molecule has 0 aromatic carbocycles. The summed E-state index contributed by atoms with van der Waals surface area (Å²) in [4.78, 5) is 16.3. The van der Waals surface area contributed by atoms with Gasteiger partial charge in [-0.25, -0.2) is 4.98 Å². The highest BCUT2D eigenvalue weighted by atomic mass is 32.2. The van der Waals surface area contributed by atoms with Crippen LogP contribution in [0.5, 0.6) is 0 Å². The quantitative estimate of drug-likeness (QED) is 0.806. The molecule has 0 aliphatic rings. The predicted octanol–water partition coefficient (Wildman–Crippen LogP) is 2.55. The summed E-state index contributed by atoms with van der Waals surface area (Å²) < 4.78 is 1.71. The Balaban J connectivity index is 2.65. The van der Waals surface area contributed by atoms with E-state index >= 15 is 0 Å². The summed E-state index contributed by atoms with van der Waals surface area (Å²) in [6.45, 7) is 6.83. The fourth-order valence-corrected chi connectivity index (χ4v) is 2.13. The summed E-state index contributed by atoms with van der Waals surface area (Å²) in [6, 6.07) is 0. The van der Waals surface area contributed by atoms with Gasteiger partial charge in [0.25, 0.3) is 5.56 Å². The lowest BCUT2D eigenvalue weighted by atomic mass is 10.1. The lowest BCUT2D eigenvalue weighted by molar-refractivity contribution is 0.383. The van der Waals surface area contributed by atoms with Crippen LogP contribution < -0.4 is 10.9 Å². The smallest absolute Gasteiger partial charge is 0.293 e. The van der Waals surface area contributed by atoms with Crippen LogP contribution in [-0.4, -0.2) is 28.1 Å². The average Bonchev–Trinajstić information content (AvgIpc) is 2.29. The van der Waals surface area contributed by atoms with Crippen LogP contribution >= 0.6 is 11.8 Å². The molecular weight excluding hydrogens is 246 g/mol. The summed E-state index contributed by atoms with van der Waals surface area (Å²) in [5.41, 5.74) is -0.259. The Morgan fingerprint density at radius 3 is 2.72 bits per heavy atom. The van der Waals surface area contributed by atoms with E-state index in [2.05, 4.69) is 16.6 Å². The van der Waals surface area contributed by atoms with Gasteiger partial charge in [-0.15, -0.1) is 0 Å². The lowest BCUT2D eigenvalue weighted by Gasteiger charge is -2.22. The molecule has 0 aliphatic carbocycles. The molecule has 0 bridgehead atoms. The first-order chi connectivity index (χ1) is 8.46. The van der Waals surface area contributed by atoms with E-state index in [1.807, 2.05) is 32.5 Å². The monoisotopic (exact) mass is 269 g/mol. The Bertz CT molecular complexity index is 423. The standard InChI is InChI=1S/C13H23N3OS/c1-13(2,3)16-9-8-15-11(12(16)17)14-7-5-6-10-18-4/h8-9H,5-7,10H2,1-4H3,(H,14,15). The zero-order valence-corrected chi connectivity index (χ0v) is 12.5. The van der Waals surface area contributed by atoms with Crippen LogP contribution in [-0.2, 0) is 5.54 Å². The maximum atomic E-state index is 12.2. The zero-order chi connectivity index (χ0) is 13.6. The van der Waals surface area contributed by atoms with Gasteiger partial charge in [0.05, 0.1) is 0 Å². The molecule has 0 unspecified atom stereocenters. The van der Waals surface area contributed by atoms with Crippen molar-refractivity contribution in [3.63, 3.8) is 0 Å². The minimum Gasteiger partial charge on any atom is -0.365 e. The highest BCUT2D eigenvalue weighted by molar-refractivity contribution is 7.98. The summed E-state index contributed by atoms with van der Waals surface area (Å²) in [6.07, 6.45) is 7.74. The third-order valence-corrected chi connectivity index (χ3v) is 3.33. The van der Waals surface area contributed by atoms with Crippen LogP contribution in [0, 0.1) is 0 Å². The van der Waals surface area contributed by atoms with Crippen LogP contribution in [0.15, 0.2) is 17.2 Å². The predicted molar refractivity (Wildman–Crippen MR) is 79.6 cm³/mol. The van der Waals surface area contributed by atoms with Crippen molar-refractivity contribution >= 4 is 17.6 Å². The van der Waals surface area contributed by atoms with E-state index in [4.69, 9.17) is 0 Å². The Morgan fingerprint density at radius 2 is 2.11 bits per heavy atom. The fraction of sp³-hybridized carbons (Fsp3) is 0.692. The van der Waals surface area contributed by atoms with Crippen molar-refractivity contribution in [2.24, 2.45) is 0 Å². The number of thioether (sulfide) groups is 1. The summed E-state index contributed by atoms with van der Waals surface area (Å²) >= 11 is 1.85. The molecule has 0 fully saturated rings. The molecule has 0 atom stereocenters. The minimum atomic E-state index is -0.213. The molecule has 0 aliphatic heterocycles. The van der Waals surface area contributed by atoms with Crippen LogP contribution in [0.2, 0.25) is 0 Å². The van der Waals surface area contributed by atoms with Crippen molar-refractivity contribution in [2.45, 2.75) is 39.2 Å². The van der Waals surface area contributed by atoms with Gasteiger partial charge in [0, 0.05) is 24.5 Å². The van der Waals surface area contributed by atoms with E-state index in [9.17, 15) is 4.79 Å². The Kier molecular flexibility index (Phi) is 5.72. The Morgan fingerprint density at radius 1 is 1.39 bits per heavy atom. The molecule has 0 saturated carbocycles. The largest absolute Gasteiger partial charge is 0.365 e. The molecular formula is C13H23N3OS. The van der Waals surface area contributed by atoms with Gasteiger partial charge in [-0.1, -0.05) is 0 Å². The van der Waals surface area contributed by atoms with E-state index in [1.54, 1.807) is 17.0 Å². The van der Waals surface area contributed by atoms with Crippen molar-refractivity contribution in [2.75, 3.05) is 23.9 Å². The van der Waals surface area contributed by atoms with Gasteiger partial charge < -0.3 is 9.88 Å². The second-order valence-electron chi connectivity index (χ2n) is 5.25. The fourth-order valence-electron chi connectivity index (χ4n) is 1.64. The number of nitrogens with one attached hydrogen (secondary N) is 1. The number of anilines is 1. The van der Waals surface area contributed by atoms with Crippen molar-refractivity contribution in [3.05, 3.63) is 22.7 Å². The zero-order valence-electron chi connectivity index (χ0n) is 11.7. The first kappa shape index (κ1) is 15.1. The van der Waals surface area contributed by atoms with E-state index in [0.717, 1.165) is 25.1 Å². The summed E-state index contributed by atoms with van der Waals surface area (Å²) in [5, 5.41) is 3.13. The van der Waals surface area contributed by atoms with Crippen molar-refractivity contribution in [1.29, 1.82) is 0 Å². The van der Waals surface area contributed by atoms with Gasteiger partial charge in [-0.3, -0.25) is 4.79 Å². The second-order valence-corrected chi connectivity index (χ2v) is 6.23. The topological polar surface area (TPSA) is 46.9 Å². The third kappa shape index (κ3) is 4.37. The van der Waals surface area contributed by atoms with Crippen LogP contribution in [0.3, 0.4) is 0 Å². The molecule has 0 saturated heterocycles. The first-order valence-corrected chi connectivity index (χ1v) is 7.67. The Hall–Kier alpha value is -0.970. The van der Waals surface area contributed by atoms with Crippen LogP contribution in [0.1, 0.15) is 33.6 Å². The van der Waals surface area contributed by atoms with Crippen LogP contribution in [0.25, 0.3) is 0 Å². The van der Waals surface area contributed by atoms with Crippen molar-refractivity contribution in [3.8, 4) is 0 Å². The normalized spacial score (nSPS) is 11.6. The van der Waals surface area contributed by atoms with Gasteiger partial charge in [0.15, 0.2) is 5.82 Å².